The van der Waals surface area contributed by atoms with Crippen LogP contribution in [0.1, 0.15) is 86.3 Å². The van der Waals surface area contributed by atoms with Crippen LogP contribution in [0.25, 0.3) is 22.5 Å². The van der Waals surface area contributed by atoms with Crippen molar-refractivity contribution in [3.63, 3.8) is 0 Å². The van der Waals surface area contributed by atoms with E-state index in [0.717, 1.165) is 58.9 Å². The third-order valence-electron chi connectivity index (χ3n) is 8.28. The molecule has 0 aliphatic rings. The number of aromatic nitrogens is 2. The van der Waals surface area contributed by atoms with Crippen LogP contribution in [0.2, 0.25) is 0 Å². The van der Waals surface area contributed by atoms with Crippen LogP contribution < -0.4 is 15.4 Å². The van der Waals surface area contributed by atoms with E-state index in [4.69, 9.17) is 4.74 Å². The molecule has 0 bridgehead atoms. The third kappa shape index (κ3) is 12.1. The molecule has 0 saturated heterocycles. The Labute approximate surface area is 296 Å². The Hall–Kier alpha value is -4.08. The molecule has 0 aliphatic carbocycles. The maximum atomic E-state index is 13.3. The minimum atomic E-state index is -0.712. The molecule has 262 valence electrons. The Bertz CT molecular complexity index is 1590. The van der Waals surface area contributed by atoms with Crippen LogP contribution in [0.15, 0.2) is 73.1 Å². The van der Waals surface area contributed by atoms with Gasteiger partial charge in [-0.15, -0.1) is 11.3 Å². The predicted molar refractivity (Wildman–Crippen MR) is 201 cm³/mol. The predicted octanol–water partition coefficient (Wildman–Crippen LogP) is 7.93. The van der Waals surface area contributed by atoms with Crippen molar-refractivity contribution in [2.75, 3.05) is 33.8 Å². The van der Waals surface area contributed by atoms with Gasteiger partial charge in [-0.1, -0.05) is 89.8 Å². The first-order chi connectivity index (χ1) is 23.5. The lowest BCUT2D eigenvalue weighted by Gasteiger charge is -2.19. The van der Waals surface area contributed by atoms with Gasteiger partial charge in [0.05, 0.1) is 11.5 Å². The van der Waals surface area contributed by atoms with Crippen LogP contribution in [0.3, 0.4) is 0 Å². The molecule has 2 aromatic carbocycles. The summed E-state index contributed by atoms with van der Waals surface area (Å²) in [4.78, 5) is 39.6. The fourth-order valence-electron chi connectivity index (χ4n) is 5.32. The number of nitrogens with one attached hydrogen (secondary N) is 2. The van der Waals surface area contributed by atoms with Crippen molar-refractivity contribution in [3.05, 3.63) is 88.4 Å². The zero-order chi connectivity index (χ0) is 35.2. The standard InChI is InChI=1S/C40H53N5O3S/c1-7-8-9-10-11-25-48-33-19-17-30(18-20-33)32-27-42-37(43-28-32)31-15-13-29(14-16-31)26-34(38(46)41-23-12-24-45(5)6)44-39(47)35-21-22-36(49-35)40(2,3)4/h13-22,27-28,34H,7-12,23-26H2,1-6H3,(H,41,46)(H,44,47). The maximum Gasteiger partial charge on any atom is 0.262 e. The first-order valence-corrected chi connectivity index (χ1v) is 18.3. The SMILES string of the molecule is CCCCCCCOc1ccc(-c2cnc(-c3ccc(CC(NC(=O)c4ccc(C(C)(C)C)s4)C(=O)NCCCN(C)C)cc3)nc2)cc1. The summed E-state index contributed by atoms with van der Waals surface area (Å²) in [7, 11) is 4.01. The summed E-state index contributed by atoms with van der Waals surface area (Å²) in [6, 6.07) is 19.0. The molecule has 8 nitrogen and oxygen atoms in total. The first-order valence-electron chi connectivity index (χ1n) is 17.5. The van der Waals surface area contributed by atoms with Gasteiger partial charge in [0, 0.05) is 41.4 Å². The molecule has 2 heterocycles. The van der Waals surface area contributed by atoms with Gasteiger partial charge in [0.15, 0.2) is 5.82 Å². The molecule has 49 heavy (non-hydrogen) atoms. The van der Waals surface area contributed by atoms with Crippen LogP contribution in [0, 0.1) is 0 Å². The molecule has 0 spiro atoms. The fraction of sp³-hybridized carbons (Fsp3) is 0.450. The van der Waals surface area contributed by atoms with Crippen LogP contribution in [0.5, 0.6) is 5.75 Å². The van der Waals surface area contributed by atoms with Gasteiger partial charge in [-0.25, -0.2) is 9.97 Å². The van der Waals surface area contributed by atoms with Crippen molar-refractivity contribution in [2.45, 2.75) is 84.1 Å². The maximum absolute atomic E-state index is 13.3. The van der Waals surface area contributed by atoms with Gasteiger partial charge < -0.3 is 20.3 Å². The van der Waals surface area contributed by atoms with E-state index < -0.39 is 6.04 Å². The first kappa shape index (κ1) is 37.7. The Kier molecular flexibility index (Phi) is 14.3. The van der Waals surface area contributed by atoms with Crippen molar-refractivity contribution < 1.29 is 14.3 Å². The lowest BCUT2D eigenvalue weighted by Crippen LogP contribution is -2.48. The second-order valence-corrected chi connectivity index (χ2v) is 15.0. The number of rotatable bonds is 18. The summed E-state index contributed by atoms with van der Waals surface area (Å²) >= 11 is 1.47. The van der Waals surface area contributed by atoms with Crippen LogP contribution >= 0.6 is 11.3 Å². The molecule has 0 saturated carbocycles. The molecule has 2 amide bonds. The normalized spacial score (nSPS) is 12.1. The Morgan fingerprint density at radius 2 is 1.51 bits per heavy atom. The van der Waals surface area contributed by atoms with Crippen LogP contribution in [-0.4, -0.2) is 66.5 Å². The molecule has 1 atom stereocenters. The number of hydrogen-bond acceptors (Lipinski definition) is 7. The average molecular weight is 684 g/mol. The molecule has 0 fully saturated rings. The zero-order valence-electron chi connectivity index (χ0n) is 30.1. The number of carbonyl (C=O) groups is 2. The topological polar surface area (TPSA) is 96.4 Å². The van der Waals surface area contributed by atoms with E-state index in [-0.39, 0.29) is 17.2 Å². The number of carbonyl (C=O) groups excluding carboxylic acids is 2. The van der Waals surface area contributed by atoms with Gasteiger partial charge in [-0.3, -0.25) is 9.59 Å². The molecule has 4 rings (SSSR count). The lowest BCUT2D eigenvalue weighted by atomic mass is 9.95. The summed E-state index contributed by atoms with van der Waals surface area (Å²) < 4.78 is 5.91. The summed E-state index contributed by atoms with van der Waals surface area (Å²) in [5.74, 6) is 1.07. The van der Waals surface area contributed by atoms with Crippen molar-refractivity contribution in [3.8, 4) is 28.3 Å². The van der Waals surface area contributed by atoms with Crippen molar-refractivity contribution in [1.82, 2.24) is 25.5 Å². The van der Waals surface area contributed by atoms with Gasteiger partial charge in [0.1, 0.15) is 11.8 Å². The molecule has 1 unspecified atom stereocenters. The van der Waals surface area contributed by atoms with Gasteiger partial charge in [0.2, 0.25) is 5.91 Å². The molecule has 0 aliphatic heterocycles. The number of unbranched alkanes of at least 4 members (excludes halogenated alkanes) is 4. The molecule has 2 N–H and O–H groups in total. The average Bonchev–Trinajstić information content (AvgIpc) is 3.60. The second kappa shape index (κ2) is 18.6. The Morgan fingerprint density at radius 3 is 2.14 bits per heavy atom. The van der Waals surface area contributed by atoms with E-state index in [1.807, 2.05) is 87.2 Å². The van der Waals surface area contributed by atoms with E-state index in [2.05, 4.69) is 53.2 Å². The van der Waals surface area contributed by atoms with Gasteiger partial charge in [0.25, 0.3) is 5.91 Å². The highest BCUT2D eigenvalue weighted by Gasteiger charge is 2.24. The summed E-state index contributed by atoms with van der Waals surface area (Å²) in [5, 5.41) is 6.02. The highest BCUT2D eigenvalue weighted by atomic mass is 32.1. The highest BCUT2D eigenvalue weighted by Crippen LogP contribution is 2.29. The molecule has 2 aromatic heterocycles. The molecule has 0 radical (unpaired) electrons. The summed E-state index contributed by atoms with van der Waals surface area (Å²) in [5.41, 5.74) is 3.72. The monoisotopic (exact) mass is 683 g/mol. The largest absolute Gasteiger partial charge is 0.494 e. The number of thiophene rings is 1. The fourth-order valence-corrected chi connectivity index (χ4v) is 6.29. The number of hydrogen-bond donors (Lipinski definition) is 2. The Balaban J connectivity index is 1.38. The number of ether oxygens (including phenoxy) is 1. The summed E-state index contributed by atoms with van der Waals surface area (Å²) in [6.45, 7) is 10.8. The smallest absolute Gasteiger partial charge is 0.262 e. The van der Waals surface area contributed by atoms with E-state index in [1.165, 1.54) is 37.0 Å². The minimum absolute atomic E-state index is 0.0497. The van der Waals surface area contributed by atoms with Crippen molar-refractivity contribution in [2.24, 2.45) is 0 Å². The molecular formula is C40H53N5O3S. The van der Waals surface area contributed by atoms with Crippen molar-refractivity contribution in [1.29, 1.82) is 0 Å². The second-order valence-electron chi connectivity index (χ2n) is 13.9. The summed E-state index contributed by atoms with van der Waals surface area (Å²) in [6.07, 6.45) is 10.9. The van der Waals surface area contributed by atoms with E-state index in [1.54, 1.807) is 0 Å². The van der Waals surface area contributed by atoms with E-state index in [9.17, 15) is 9.59 Å². The highest BCUT2D eigenvalue weighted by molar-refractivity contribution is 7.14. The molecular weight excluding hydrogens is 631 g/mol. The van der Waals surface area contributed by atoms with Crippen LogP contribution in [0.4, 0.5) is 0 Å². The number of nitrogens with zero attached hydrogens (tertiary/aromatic N) is 3. The number of benzene rings is 2. The molecule has 9 heteroatoms. The number of amides is 2. The zero-order valence-corrected chi connectivity index (χ0v) is 30.9. The quantitative estimate of drug-likeness (QED) is 0.104. The third-order valence-corrected chi connectivity index (χ3v) is 9.79. The van der Waals surface area contributed by atoms with Crippen LogP contribution in [-0.2, 0) is 16.6 Å². The van der Waals surface area contributed by atoms with E-state index in [0.29, 0.717) is 23.7 Å². The van der Waals surface area contributed by atoms with Crippen molar-refractivity contribution >= 4 is 23.2 Å². The van der Waals surface area contributed by atoms with E-state index >= 15 is 0 Å². The molecule has 4 aromatic rings. The lowest BCUT2D eigenvalue weighted by molar-refractivity contribution is -0.122. The minimum Gasteiger partial charge on any atom is -0.494 e. The van der Waals surface area contributed by atoms with Gasteiger partial charge in [-0.2, -0.15) is 0 Å². The Morgan fingerprint density at radius 1 is 0.837 bits per heavy atom. The van der Waals surface area contributed by atoms with Gasteiger partial charge >= 0.3 is 0 Å². The van der Waals surface area contributed by atoms with Gasteiger partial charge in [-0.05, 0) is 74.3 Å².